The van der Waals surface area contributed by atoms with Gasteiger partial charge in [-0.3, -0.25) is 9.59 Å². The summed E-state index contributed by atoms with van der Waals surface area (Å²) in [6.45, 7) is 2.61. The van der Waals surface area contributed by atoms with Crippen molar-refractivity contribution in [3.63, 3.8) is 0 Å². The molecule has 2 unspecified atom stereocenters. The fourth-order valence-electron chi connectivity index (χ4n) is 4.62. The second-order valence-corrected chi connectivity index (χ2v) is 8.16. The number of nitrogens with zero attached hydrogens (tertiary/aromatic N) is 2. The standard InChI is InChI=1S/C24H27FN2O4/c1-15-6-8-21(19(25)11-15)27-14-16(12-23(27)28)24(29)26-10-4-5-20(26)18-13-17(30-2)7-9-22(18)31-3/h6-9,11,13,16,20H,4-5,10,12,14H2,1-3H3. The Morgan fingerprint density at radius 3 is 2.65 bits per heavy atom. The number of amides is 2. The number of carbonyl (C=O) groups is 2. The summed E-state index contributed by atoms with van der Waals surface area (Å²) in [6.07, 6.45) is 1.77. The van der Waals surface area contributed by atoms with Gasteiger partial charge in [-0.05, 0) is 55.7 Å². The van der Waals surface area contributed by atoms with Crippen molar-refractivity contribution in [1.82, 2.24) is 4.90 Å². The molecular formula is C24H27FN2O4. The summed E-state index contributed by atoms with van der Waals surface area (Å²) < 4.78 is 25.3. The van der Waals surface area contributed by atoms with E-state index in [0.29, 0.717) is 18.0 Å². The second-order valence-electron chi connectivity index (χ2n) is 8.16. The number of methoxy groups -OCH3 is 2. The minimum atomic E-state index is -0.495. The van der Waals surface area contributed by atoms with Crippen molar-refractivity contribution < 1.29 is 23.5 Å². The third kappa shape index (κ3) is 3.96. The van der Waals surface area contributed by atoms with Crippen LogP contribution in [0, 0.1) is 18.7 Å². The lowest BCUT2D eigenvalue weighted by Crippen LogP contribution is -2.37. The third-order valence-electron chi connectivity index (χ3n) is 6.20. The Morgan fingerprint density at radius 1 is 1.13 bits per heavy atom. The SMILES string of the molecule is COc1ccc(OC)c(C2CCCN2C(=O)C2CC(=O)N(c3ccc(C)cc3F)C2)c1. The molecule has 4 rings (SSSR count). The molecule has 0 bridgehead atoms. The van der Waals surface area contributed by atoms with Crippen LogP contribution in [0.1, 0.15) is 36.4 Å². The molecule has 2 aromatic rings. The lowest BCUT2D eigenvalue weighted by Gasteiger charge is -2.29. The fraction of sp³-hybridized carbons (Fsp3) is 0.417. The Bertz CT molecular complexity index is 1010. The van der Waals surface area contributed by atoms with Gasteiger partial charge in [0.05, 0.1) is 31.9 Å². The van der Waals surface area contributed by atoms with Crippen LogP contribution in [0.4, 0.5) is 10.1 Å². The predicted octanol–water partition coefficient (Wildman–Crippen LogP) is 3.87. The summed E-state index contributed by atoms with van der Waals surface area (Å²) >= 11 is 0. The minimum absolute atomic E-state index is 0.0734. The van der Waals surface area contributed by atoms with Crippen molar-refractivity contribution in [3.05, 3.63) is 53.3 Å². The van der Waals surface area contributed by atoms with E-state index >= 15 is 0 Å². The molecule has 6 nitrogen and oxygen atoms in total. The van der Waals surface area contributed by atoms with E-state index in [-0.39, 0.29) is 36.5 Å². The van der Waals surface area contributed by atoms with Crippen molar-refractivity contribution in [3.8, 4) is 11.5 Å². The average molecular weight is 426 g/mol. The summed E-state index contributed by atoms with van der Waals surface area (Å²) in [5, 5.41) is 0. The van der Waals surface area contributed by atoms with Crippen LogP contribution >= 0.6 is 0 Å². The van der Waals surface area contributed by atoms with Crippen molar-refractivity contribution >= 4 is 17.5 Å². The number of likely N-dealkylation sites (tertiary alicyclic amines) is 1. The second kappa shape index (κ2) is 8.57. The highest BCUT2D eigenvalue weighted by Gasteiger charge is 2.41. The van der Waals surface area contributed by atoms with Gasteiger partial charge < -0.3 is 19.3 Å². The van der Waals surface area contributed by atoms with Crippen LogP contribution < -0.4 is 14.4 Å². The first-order valence-electron chi connectivity index (χ1n) is 10.5. The van der Waals surface area contributed by atoms with Crippen molar-refractivity contribution in [1.29, 1.82) is 0 Å². The minimum Gasteiger partial charge on any atom is -0.497 e. The lowest BCUT2D eigenvalue weighted by molar-refractivity contribution is -0.136. The number of hydrogen-bond donors (Lipinski definition) is 0. The molecule has 0 spiro atoms. The zero-order valence-corrected chi connectivity index (χ0v) is 18.1. The first kappa shape index (κ1) is 21.2. The highest BCUT2D eigenvalue weighted by Crippen LogP contribution is 2.40. The molecule has 7 heteroatoms. The number of halogens is 1. The molecule has 2 atom stereocenters. The first-order valence-corrected chi connectivity index (χ1v) is 10.5. The van der Waals surface area contributed by atoms with Gasteiger partial charge in [0.1, 0.15) is 17.3 Å². The van der Waals surface area contributed by atoms with Crippen molar-refractivity contribution in [2.75, 3.05) is 32.2 Å². The molecule has 0 N–H and O–H groups in total. The number of anilines is 1. The van der Waals surface area contributed by atoms with Crippen molar-refractivity contribution in [2.45, 2.75) is 32.2 Å². The molecule has 2 saturated heterocycles. The number of ether oxygens (including phenoxy) is 2. The maximum Gasteiger partial charge on any atom is 0.228 e. The molecule has 2 heterocycles. The molecular weight excluding hydrogens is 399 g/mol. The van der Waals surface area contributed by atoms with Gasteiger partial charge in [0.15, 0.2) is 0 Å². The number of hydrogen-bond acceptors (Lipinski definition) is 4. The highest BCUT2D eigenvalue weighted by atomic mass is 19.1. The Kier molecular flexibility index (Phi) is 5.85. The molecule has 2 aromatic carbocycles. The van der Waals surface area contributed by atoms with Gasteiger partial charge in [0.25, 0.3) is 0 Å². The van der Waals surface area contributed by atoms with Gasteiger partial charge >= 0.3 is 0 Å². The third-order valence-corrected chi connectivity index (χ3v) is 6.20. The molecule has 2 amide bonds. The van der Waals surface area contributed by atoms with Gasteiger partial charge in [-0.15, -0.1) is 0 Å². The normalized spacial score (nSPS) is 21.0. The fourth-order valence-corrected chi connectivity index (χ4v) is 4.62. The first-order chi connectivity index (χ1) is 14.9. The predicted molar refractivity (Wildman–Crippen MR) is 115 cm³/mol. The summed E-state index contributed by atoms with van der Waals surface area (Å²) in [7, 11) is 3.21. The van der Waals surface area contributed by atoms with Gasteiger partial charge in [-0.1, -0.05) is 6.07 Å². The maximum atomic E-state index is 14.4. The van der Waals surface area contributed by atoms with Gasteiger partial charge in [0, 0.05) is 25.1 Å². The van der Waals surface area contributed by atoms with Gasteiger partial charge in [-0.2, -0.15) is 0 Å². The Balaban J connectivity index is 1.56. The highest BCUT2D eigenvalue weighted by molar-refractivity contribution is 6.00. The van der Waals surface area contributed by atoms with Gasteiger partial charge in [0.2, 0.25) is 11.8 Å². The number of benzene rings is 2. The summed E-state index contributed by atoms with van der Waals surface area (Å²) in [4.78, 5) is 29.3. The Labute approximate surface area is 181 Å². The monoisotopic (exact) mass is 426 g/mol. The quantitative estimate of drug-likeness (QED) is 0.728. The average Bonchev–Trinajstić information content (AvgIpc) is 3.40. The molecule has 0 aliphatic carbocycles. The van der Waals surface area contributed by atoms with E-state index in [4.69, 9.17) is 9.47 Å². The molecule has 0 radical (unpaired) electrons. The van der Waals surface area contributed by atoms with Crippen LogP contribution in [0.3, 0.4) is 0 Å². The van der Waals surface area contributed by atoms with Crippen LogP contribution in [0.5, 0.6) is 11.5 Å². The number of rotatable bonds is 5. The lowest BCUT2D eigenvalue weighted by atomic mass is 10.0. The maximum absolute atomic E-state index is 14.4. The number of carbonyl (C=O) groups excluding carboxylic acids is 2. The summed E-state index contributed by atoms with van der Waals surface area (Å²) in [5.74, 6) is 0.169. The van der Waals surface area contributed by atoms with E-state index in [9.17, 15) is 14.0 Å². The smallest absolute Gasteiger partial charge is 0.228 e. The van der Waals surface area contributed by atoms with E-state index in [1.54, 1.807) is 33.3 Å². The largest absolute Gasteiger partial charge is 0.497 e. The van der Waals surface area contributed by atoms with Crippen LogP contribution in [0.2, 0.25) is 0 Å². The van der Waals surface area contributed by atoms with E-state index < -0.39 is 11.7 Å². The van der Waals surface area contributed by atoms with Crippen LogP contribution in [0.15, 0.2) is 36.4 Å². The Hall–Kier alpha value is -3.09. The summed E-state index contributed by atoms with van der Waals surface area (Å²) in [6, 6.07) is 10.2. The molecule has 31 heavy (non-hydrogen) atoms. The van der Waals surface area contributed by atoms with Gasteiger partial charge in [-0.25, -0.2) is 4.39 Å². The van der Waals surface area contributed by atoms with Crippen LogP contribution in [-0.2, 0) is 9.59 Å². The summed E-state index contributed by atoms with van der Waals surface area (Å²) in [5.41, 5.74) is 1.92. The van der Waals surface area contributed by atoms with Crippen molar-refractivity contribution in [2.24, 2.45) is 5.92 Å². The van der Waals surface area contributed by atoms with E-state index in [1.165, 1.54) is 11.0 Å². The zero-order chi connectivity index (χ0) is 22.1. The topological polar surface area (TPSA) is 59.1 Å². The van der Waals surface area contributed by atoms with E-state index in [1.807, 2.05) is 23.1 Å². The van der Waals surface area contributed by atoms with Crippen LogP contribution in [0.25, 0.3) is 0 Å². The molecule has 2 aliphatic rings. The van der Waals surface area contributed by atoms with E-state index in [2.05, 4.69) is 0 Å². The Morgan fingerprint density at radius 2 is 1.94 bits per heavy atom. The molecule has 164 valence electrons. The molecule has 2 fully saturated rings. The van der Waals surface area contributed by atoms with E-state index in [0.717, 1.165) is 24.0 Å². The molecule has 0 saturated carbocycles. The number of aryl methyl sites for hydroxylation is 1. The zero-order valence-electron chi connectivity index (χ0n) is 18.1. The molecule has 0 aromatic heterocycles. The van der Waals surface area contributed by atoms with Crippen LogP contribution in [-0.4, -0.2) is 44.0 Å². The molecule has 2 aliphatic heterocycles.